The lowest BCUT2D eigenvalue weighted by atomic mass is 9.96. The number of carbonyl (C=O) groups excluding carboxylic acids is 1. The van der Waals surface area contributed by atoms with Crippen LogP contribution in [0.2, 0.25) is 0 Å². The molecule has 0 fully saturated rings. The lowest BCUT2D eigenvalue weighted by Crippen LogP contribution is -2.40. The third-order valence-electron chi connectivity index (χ3n) is 4.95. The number of nitrogens with one attached hydrogen (secondary N) is 3. The molecule has 0 saturated carbocycles. The number of aromatic amines is 1. The largest absolute Gasteiger partial charge is 0.361 e. The van der Waals surface area contributed by atoms with Crippen molar-refractivity contribution < 1.29 is 4.79 Å². The van der Waals surface area contributed by atoms with Gasteiger partial charge in [0, 0.05) is 40.1 Å². The average Bonchev–Trinajstić information content (AvgIpc) is 3.40. The average molecular weight is 390 g/mol. The normalized spacial score (nSPS) is 13.3. The number of thiophene rings is 1. The second-order valence-corrected chi connectivity index (χ2v) is 7.82. The van der Waals surface area contributed by atoms with Crippen molar-refractivity contribution in [2.24, 2.45) is 0 Å². The molecule has 3 N–H and O–H groups in total. The maximum Gasteiger partial charge on any atom is 0.241 e. The number of fused-ring (bicyclic) bond motifs is 1. The molecular weight excluding hydrogens is 366 g/mol. The number of benzene rings is 2. The standard InChI is InChI=1S/C23H23N3OS/c1-16(23(27)26-17-8-3-2-4-9-17)24-15-20(22-12-7-13-28-22)19-14-25-21-11-6-5-10-18(19)21/h2-14,16,20,24-25H,15H2,1H3,(H,26,27). The molecule has 2 aromatic heterocycles. The van der Waals surface area contributed by atoms with E-state index in [2.05, 4.69) is 57.5 Å². The van der Waals surface area contributed by atoms with Crippen LogP contribution in [0.4, 0.5) is 5.69 Å². The van der Waals surface area contributed by atoms with E-state index in [1.807, 2.05) is 43.3 Å². The van der Waals surface area contributed by atoms with E-state index < -0.39 is 0 Å². The number of aromatic nitrogens is 1. The molecule has 5 heteroatoms. The number of carbonyl (C=O) groups is 1. The Morgan fingerprint density at radius 2 is 1.82 bits per heavy atom. The molecule has 0 saturated heterocycles. The molecule has 2 aromatic carbocycles. The summed E-state index contributed by atoms with van der Waals surface area (Å²) in [7, 11) is 0. The van der Waals surface area contributed by atoms with Crippen molar-refractivity contribution in [3.05, 3.63) is 88.7 Å². The Bertz CT molecular complexity index is 1040. The van der Waals surface area contributed by atoms with Crippen molar-refractivity contribution in [3.8, 4) is 0 Å². The Hall–Kier alpha value is -2.89. The van der Waals surface area contributed by atoms with Gasteiger partial charge in [0.15, 0.2) is 0 Å². The van der Waals surface area contributed by atoms with E-state index in [9.17, 15) is 4.79 Å². The Balaban J connectivity index is 1.50. The maximum atomic E-state index is 12.5. The zero-order valence-electron chi connectivity index (χ0n) is 15.7. The molecule has 28 heavy (non-hydrogen) atoms. The number of hydrogen-bond acceptors (Lipinski definition) is 3. The van der Waals surface area contributed by atoms with Gasteiger partial charge in [-0.1, -0.05) is 42.5 Å². The summed E-state index contributed by atoms with van der Waals surface area (Å²) in [5.74, 6) is 0.151. The Labute approximate surface area is 168 Å². The summed E-state index contributed by atoms with van der Waals surface area (Å²) in [6.07, 6.45) is 2.09. The molecule has 2 atom stereocenters. The van der Waals surface area contributed by atoms with Crippen LogP contribution in [0.25, 0.3) is 10.9 Å². The summed E-state index contributed by atoms with van der Waals surface area (Å²) < 4.78 is 0. The third kappa shape index (κ3) is 4.01. The minimum absolute atomic E-state index is 0.0324. The zero-order chi connectivity index (χ0) is 19.3. The molecule has 2 unspecified atom stereocenters. The molecule has 4 aromatic rings. The van der Waals surface area contributed by atoms with Crippen LogP contribution in [0.15, 0.2) is 78.3 Å². The molecule has 1 amide bonds. The summed E-state index contributed by atoms with van der Waals surface area (Å²) in [6, 6.07) is 21.8. The minimum atomic E-state index is -0.298. The van der Waals surface area contributed by atoms with E-state index in [0.717, 1.165) is 11.2 Å². The van der Waals surface area contributed by atoms with Gasteiger partial charge in [-0.15, -0.1) is 11.3 Å². The number of H-pyrrole nitrogens is 1. The molecule has 0 aliphatic carbocycles. The van der Waals surface area contributed by atoms with Crippen molar-refractivity contribution in [2.75, 3.05) is 11.9 Å². The summed E-state index contributed by atoms with van der Waals surface area (Å²) in [5, 5.41) is 9.71. The number of hydrogen-bond donors (Lipinski definition) is 3. The summed E-state index contributed by atoms with van der Waals surface area (Å²) in [6.45, 7) is 2.59. The third-order valence-corrected chi connectivity index (χ3v) is 5.93. The summed E-state index contributed by atoms with van der Waals surface area (Å²) in [5.41, 5.74) is 3.20. The lowest BCUT2D eigenvalue weighted by Gasteiger charge is -2.20. The minimum Gasteiger partial charge on any atom is -0.361 e. The van der Waals surface area contributed by atoms with E-state index in [0.29, 0.717) is 6.54 Å². The van der Waals surface area contributed by atoms with Crippen LogP contribution < -0.4 is 10.6 Å². The highest BCUT2D eigenvalue weighted by Gasteiger charge is 2.21. The van der Waals surface area contributed by atoms with Crippen molar-refractivity contribution in [2.45, 2.75) is 18.9 Å². The molecule has 0 aliphatic heterocycles. The summed E-state index contributed by atoms with van der Waals surface area (Å²) >= 11 is 1.75. The molecule has 0 radical (unpaired) electrons. The number of rotatable bonds is 7. The Kier molecular flexibility index (Phi) is 5.55. The highest BCUT2D eigenvalue weighted by molar-refractivity contribution is 7.10. The van der Waals surface area contributed by atoms with E-state index >= 15 is 0 Å². The van der Waals surface area contributed by atoms with Crippen LogP contribution in [-0.4, -0.2) is 23.5 Å². The van der Waals surface area contributed by atoms with Gasteiger partial charge < -0.3 is 15.6 Å². The summed E-state index contributed by atoms with van der Waals surface area (Å²) in [4.78, 5) is 17.2. The fourth-order valence-corrected chi connectivity index (χ4v) is 4.24. The van der Waals surface area contributed by atoms with Crippen LogP contribution in [0.1, 0.15) is 23.3 Å². The van der Waals surface area contributed by atoms with Crippen molar-refractivity contribution in [1.29, 1.82) is 0 Å². The highest BCUT2D eigenvalue weighted by atomic mass is 32.1. The lowest BCUT2D eigenvalue weighted by molar-refractivity contribution is -0.117. The van der Waals surface area contributed by atoms with Crippen LogP contribution >= 0.6 is 11.3 Å². The van der Waals surface area contributed by atoms with Crippen LogP contribution in [-0.2, 0) is 4.79 Å². The first-order valence-electron chi connectivity index (χ1n) is 9.41. The molecule has 0 spiro atoms. The molecule has 142 valence electrons. The van der Waals surface area contributed by atoms with Crippen LogP contribution in [0.5, 0.6) is 0 Å². The smallest absolute Gasteiger partial charge is 0.241 e. The maximum absolute atomic E-state index is 12.5. The van der Waals surface area contributed by atoms with E-state index in [-0.39, 0.29) is 17.9 Å². The van der Waals surface area contributed by atoms with Crippen LogP contribution in [0, 0.1) is 0 Å². The molecule has 4 nitrogen and oxygen atoms in total. The van der Waals surface area contributed by atoms with Gasteiger partial charge in [0.05, 0.1) is 6.04 Å². The van der Waals surface area contributed by atoms with Gasteiger partial charge in [-0.2, -0.15) is 0 Å². The van der Waals surface area contributed by atoms with Gasteiger partial charge >= 0.3 is 0 Å². The van der Waals surface area contributed by atoms with E-state index in [4.69, 9.17) is 0 Å². The monoisotopic (exact) mass is 389 g/mol. The topological polar surface area (TPSA) is 56.9 Å². The number of anilines is 1. The molecule has 2 heterocycles. The molecule has 0 aliphatic rings. The first-order valence-corrected chi connectivity index (χ1v) is 10.3. The second kappa shape index (κ2) is 8.42. The van der Waals surface area contributed by atoms with Crippen molar-refractivity contribution in [3.63, 3.8) is 0 Å². The number of amides is 1. The highest BCUT2D eigenvalue weighted by Crippen LogP contribution is 2.32. The zero-order valence-corrected chi connectivity index (χ0v) is 16.5. The Morgan fingerprint density at radius 3 is 2.61 bits per heavy atom. The van der Waals surface area contributed by atoms with Crippen LogP contribution in [0.3, 0.4) is 0 Å². The van der Waals surface area contributed by atoms with E-state index in [1.165, 1.54) is 15.8 Å². The van der Waals surface area contributed by atoms with E-state index in [1.54, 1.807) is 11.3 Å². The SMILES string of the molecule is CC(NCC(c1cccs1)c1c[nH]c2ccccc12)C(=O)Nc1ccccc1. The van der Waals surface area contributed by atoms with Gasteiger partial charge in [-0.3, -0.25) is 4.79 Å². The van der Waals surface area contributed by atoms with Crippen molar-refractivity contribution >= 4 is 33.8 Å². The fraction of sp³-hybridized carbons (Fsp3) is 0.174. The molecular formula is C23H23N3OS. The predicted octanol–water partition coefficient (Wildman–Crippen LogP) is 4.98. The second-order valence-electron chi connectivity index (χ2n) is 6.84. The van der Waals surface area contributed by atoms with Crippen molar-refractivity contribution in [1.82, 2.24) is 10.3 Å². The van der Waals surface area contributed by atoms with Gasteiger partial charge in [-0.05, 0) is 42.1 Å². The van der Waals surface area contributed by atoms with Gasteiger partial charge in [0.25, 0.3) is 0 Å². The molecule has 0 bridgehead atoms. The van der Waals surface area contributed by atoms with Gasteiger partial charge in [0.1, 0.15) is 0 Å². The first-order chi connectivity index (χ1) is 13.7. The molecule has 4 rings (SSSR count). The Morgan fingerprint density at radius 1 is 1.04 bits per heavy atom. The van der Waals surface area contributed by atoms with Gasteiger partial charge in [-0.25, -0.2) is 0 Å². The quantitative estimate of drug-likeness (QED) is 0.418. The predicted molar refractivity (Wildman–Crippen MR) is 117 cm³/mol. The van der Waals surface area contributed by atoms with Gasteiger partial charge in [0.2, 0.25) is 5.91 Å². The number of para-hydroxylation sites is 2. The first kappa shape index (κ1) is 18.5. The fourth-order valence-electron chi connectivity index (χ4n) is 3.39.